The predicted octanol–water partition coefficient (Wildman–Crippen LogP) is 1.03. The van der Waals surface area contributed by atoms with E-state index in [1.54, 1.807) is 5.06 Å². The fourth-order valence-corrected chi connectivity index (χ4v) is 4.79. The largest absolute Gasteiger partial charge is 0.368 e. The van der Waals surface area contributed by atoms with Crippen LogP contribution >= 0.6 is 0 Å². The zero-order valence-electron chi connectivity index (χ0n) is 16.1. The number of amides is 2. The summed E-state index contributed by atoms with van der Waals surface area (Å²) in [5, 5.41) is 1.56. The van der Waals surface area contributed by atoms with E-state index in [1.165, 1.54) is 19.3 Å². The molecule has 3 saturated heterocycles. The second-order valence-electron chi connectivity index (χ2n) is 9.19. The molecule has 0 bridgehead atoms. The Morgan fingerprint density at radius 1 is 0.963 bits per heavy atom. The third-order valence-corrected chi connectivity index (χ3v) is 6.93. The molecule has 2 aliphatic carbocycles. The van der Waals surface area contributed by atoms with Crippen LogP contribution in [0.25, 0.3) is 0 Å². The van der Waals surface area contributed by atoms with Crippen molar-refractivity contribution in [2.24, 2.45) is 11.8 Å². The summed E-state index contributed by atoms with van der Waals surface area (Å²) in [7, 11) is 0. The molecule has 5 aliphatic rings. The van der Waals surface area contributed by atoms with Crippen molar-refractivity contribution in [2.45, 2.75) is 56.6 Å². The maximum atomic E-state index is 13.0. The van der Waals surface area contributed by atoms with Crippen LogP contribution in [-0.4, -0.2) is 84.3 Å². The minimum Gasteiger partial charge on any atom is -0.368 e. The second kappa shape index (κ2) is 7.01. The van der Waals surface area contributed by atoms with Crippen LogP contribution in [0.3, 0.4) is 0 Å². The molecule has 5 rings (SSSR count). The van der Waals surface area contributed by atoms with Gasteiger partial charge in [0.05, 0.1) is 26.3 Å². The van der Waals surface area contributed by atoms with E-state index in [9.17, 15) is 9.59 Å². The molecular weight excluding hydrogens is 346 g/mol. The maximum absolute atomic E-state index is 13.0. The highest BCUT2D eigenvalue weighted by Crippen LogP contribution is 2.38. The van der Waals surface area contributed by atoms with Gasteiger partial charge in [0.2, 0.25) is 5.91 Å². The van der Waals surface area contributed by atoms with Crippen molar-refractivity contribution in [3.05, 3.63) is 0 Å². The average molecular weight is 377 g/mol. The smallest absolute Gasteiger partial charge is 0.265 e. The summed E-state index contributed by atoms with van der Waals surface area (Å²) in [6.45, 7) is 4.81. The Morgan fingerprint density at radius 3 is 2.41 bits per heavy atom. The Balaban J connectivity index is 1.22. The minimum atomic E-state index is -0.270. The molecule has 0 aromatic heterocycles. The van der Waals surface area contributed by atoms with Crippen LogP contribution in [0.5, 0.6) is 0 Å². The molecule has 1 unspecified atom stereocenters. The molecule has 2 saturated carbocycles. The molecule has 5 fully saturated rings. The van der Waals surface area contributed by atoms with E-state index in [0.717, 1.165) is 38.8 Å². The predicted molar refractivity (Wildman–Crippen MR) is 97.6 cm³/mol. The summed E-state index contributed by atoms with van der Waals surface area (Å²) in [6.07, 6.45) is 7.82. The maximum Gasteiger partial charge on any atom is 0.265 e. The first kappa shape index (κ1) is 17.9. The lowest BCUT2D eigenvalue weighted by Crippen LogP contribution is -2.74. The van der Waals surface area contributed by atoms with Gasteiger partial charge in [0, 0.05) is 25.6 Å². The van der Waals surface area contributed by atoms with Crippen LogP contribution in [-0.2, 0) is 19.2 Å². The lowest BCUT2D eigenvalue weighted by molar-refractivity contribution is -0.227. The summed E-state index contributed by atoms with van der Waals surface area (Å²) < 4.78 is 6.23. The fourth-order valence-electron chi connectivity index (χ4n) is 4.79. The highest BCUT2D eigenvalue weighted by molar-refractivity contribution is 5.82. The van der Waals surface area contributed by atoms with Crippen LogP contribution in [0.4, 0.5) is 0 Å². The molecule has 2 amide bonds. The number of hydrogen-bond donors (Lipinski definition) is 0. The first-order valence-corrected chi connectivity index (χ1v) is 10.7. The van der Waals surface area contributed by atoms with Crippen LogP contribution in [0.15, 0.2) is 0 Å². The Morgan fingerprint density at radius 2 is 1.78 bits per heavy atom. The number of ether oxygens (including phenoxy) is 1. The normalized spacial score (nSPS) is 31.5. The molecule has 0 N–H and O–H groups in total. The molecule has 1 atom stereocenters. The molecule has 0 radical (unpaired) electrons. The zero-order chi connectivity index (χ0) is 18.4. The first-order chi connectivity index (χ1) is 13.1. The Labute approximate surface area is 160 Å². The zero-order valence-corrected chi connectivity index (χ0v) is 16.1. The highest BCUT2D eigenvalue weighted by atomic mass is 16.7. The summed E-state index contributed by atoms with van der Waals surface area (Å²) in [6, 6.07) is -0.245. The van der Waals surface area contributed by atoms with Gasteiger partial charge >= 0.3 is 0 Å². The molecule has 7 nitrogen and oxygen atoms in total. The van der Waals surface area contributed by atoms with Gasteiger partial charge in [-0.05, 0) is 44.4 Å². The third kappa shape index (κ3) is 3.49. The first-order valence-electron chi connectivity index (χ1n) is 10.7. The van der Waals surface area contributed by atoms with E-state index in [4.69, 9.17) is 9.57 Å². The molecule has 0 aromatic carbocycles. The van der Waals surface area contributed by atoms with Crippen molar-refractivity contribution in [2.75, 3.05) is 45.9 Å². The van der Waals surface area contributed by atoms with Gasteiger partial charge in [0.1, 0.15) is 11.6 Å². The van der Waals surface area contributed by atoms with Crippen LogP contribution in [0, 0.1) is 11.8 Å². The molecule has 150 valence electrons. The van der Waals surface area contributed by atoms with Gasteiger partial charge in [-0.2, -0.15) is 0 Å². The summed E-state index contributed by atoms with van der Waals surface area (Å²) in [5.74, 6) is 1.32. The van der Waals surface area contributed by atoms with Crippen molar-refractivity contribution in [3.63, 3.8) is 0 Å². The van der Waals surface area contributed by atoms with Gasteiger partial charge in [-0.1, -0.05) is 6.42 Å². The molecule has 7 heteroatoms. The van der Waals surface area contributed by atoms with Crippen LogP contribution < -0.4 is 0 Å². The van der Waals surface area contributed by atoms with Crippen LogP contribution in [0.1, 0.15) is 44.9 Å². The molecular formula is C20H31N3O4. The monoisotopic (exact) mass is 377 g/mol. The average Bonchev–Trinajstić information content (AvgIpc) is 3.42. The van der Waals surface area contributed by atoms with Gasteiger partial charge in [0.25, 0.3) is 5.91 Å². The number of hydrogen-bond acceptors (Lipinski definition) is 5. The van der Waals surface area contributed by atoms with E-state index >= 15 is 0 Å². The van der Waals surface area contributed by atoms with Crippen molar-refractivity contribution in [1.29, 1.82) is 0 Å². The van der Waals surface area contributed by atoms with E-state index in [-0.39, 0.29) is 23.5 Å². The lowest BCUT2D eigenvalue weighted by Gasteiger charge is -2.56. The number of likely N-dealkylation sites (tertiary alicyclic amines) is 1. The van der Waals surface area contributed by atoms with Crippen molar-refractivity contribution in [3.8, 4) is 0 Å². The standard InChI is InChI=1S/C20H31N3O4/c24-18(16-4-3-5-16)22-13-20(14-22)12-21(10-15-6-7-15)17(11-26-20)19(25)23-8-1-2-9-27-23/h15-17H,1-14H2. The van der Waals surface area contributed by atoms with Crippen molar-refractivity contribution in [1.82, 2.24) is 14.9 Å². The SMILES string of the molecule is O=C(C1CCC1)N1CC2(C1)CN(CC1CC1)C(C(=O)N1CCCCO1)CO2. The quantitative estimate of drug-likeness (QED) is 0.732. The Bertz CT molecular complexity index is 592. The molecule has 1 spiro atoms. The lowest BCUT2D eigenvalue weighted by atomic mass is 9.81. The van der Waals surface area contributed by atoms with Gasteiger partial charge < -0.3 is 9.64 Å². The number of nitrogens with zero attached hydrogens (tertiary/aromatic N) is 3. The Hall–Kier alpha value is -1.18. The summed E-state index contributed by atoms with van der Waals surface area (Å²) in [4.78, 5) is 35.4. The fraction of sp³-hybridized carbons (Fsp3) is 0.900. The molecule has 0 aromatic rings. The number of rotatable bonds is 4. The van der Waals surface area contributed by atoms with Crippen LogP contribution in [0.2, 0.25) is 0 Å². The number of morpholine rings is 1. The van der Waals surface area contributed by atoms with E-state index in [1.807, 2.05) is 4.90 Å². The molecule has 3 aliphatic heterocycles. The highest BCUT2D eigenvalue weighted by Gasteiger charge is 2.53. The van der Waals surface area contributed by atoms with Gasteiger partial charge in [-0.3, -0.25) is 19.3 Å². The van der Waals surface area contributed by atoms with E-state index in [0.29, 0.717) is 44.7 Å². The molecule has 3 heterocycles. The van der Waals surface area contributed by atoms with E-state index in [2.05, 4.69) is 4.90 Å². The van der Waals surface area contributed by atoms with Gasteiger partial charge in [-0.25, -0.2) is 5.06 Å². The number of carbonyl (C=O) groups is 2. The topological polar surface area (TPSA) is 62.3 Å². The number of hydroxylamine groups is 2. The van der Waals surface area contributed by atoms with Gasteiger partial charge in [-0.15, -0.1) is 0 Å². The third-order valence-electron chi connectivity index (χ3n) is 6.93. The second-order valence-corrected chi connectivity index (χ2v) is 9.19. The Kier molecular flexibility index (Phi) is 4.64. The van der Waals surface area contributed by atoms with Crippen molar-refractivity contribution >= 4 is 11.8 Å². The van der Waals surface area contributed by atoms with Gasteiger partial charge in [0.15, 0.2) is 0 Å². The van der Waals surface area contributed by atoms with Crippen molar-refractivity contribution < 1.29 is 19.2 Å². The molecule has 27 heavy (non-hydrogen) atoms. The van der Waals surface area contributed by atoms with E-state index < -0.39 is 0 Å². The summed E-state index contributed by atoms with van der Waals surface area (Å²) in [5.41, 5.74) is -0.270. The minimum absolute atomic E-state index is 0.0481. The summed E-state index contributed by atoms with van der Waals surface area (Å²) >= 11 is 0. The number of carbonyl (C=O) groups excluding carboxylic acids is 2.